The molecule has 2 aromatic rings. The molecule has 2 aromatic heterocycles. The van der Waals surface area contributed by atoms with Crippen molar-refractivity contribution in [3.8, 4) is 0 Å². The molecular formula is C17H16N6O6S3. The molecule has 1 fully saturated rings. The second-order valence-corrected chi connectivity index (χ2v) is 9.75. The number of hydrogen-bond donors (Lipinski definition) is 5. The SMILES string of the molecule is NC(=O)c1n[nH]nc1SCC1=C(C(=O)O)N2C(=O)C(NC(=O)C(O)c3cccs3)[C@H]2SC1. The van der Waals surface area contributed by atoms with Crippen molar-refractivity contribution in [2.24, 2.45) is 5.73 Å². The number of carbonyl (C=O) groups excluding carboxylic acids is 3. The predicted molar refractivity (Wildman–Crippen MR) is 115 cm³/mol. The van der Waals surface area contributed by atoms with E-state index in [1.54, 1.807) is 17.5 Å². The summed E-state index contributed by atoms with van der Waals surface area (Å²) in [7, 11) is 0. The van der Waals surface area contributed by atoms with Gasteiger partial charge >= 0.3 is 5.97 Å². The normalized spacial score (nSPS) is 21.0. The Labute approximate surface area is 192 Å². The number of carboxylic acid groups (broad SMARTS) is 1. The number of aliphatic hydroxyl groups excluding tert-OH is 1. The van der Waals surface area contributed by atoms with Crippen LogP contribution in [0.2, 0.25) is 0 Å². The molecule has 3 atom stereocenters. The van der Waals surface area contributed by atoms with Crippen LogP contribution in [0.3, 0.4) is 0 Å². The number of β-lactam (4-membered cyclic amide) rings is 1. The minimum atomic E-state index is -1.41. The van der Waals surface area contributed by atoms with E-state index in [-0.39, 0.29) is 27.9 Å². The fourth-order valence-electron chi connectivity index (χ4n) is 3.24. The maximum atomic E-state index is 12.7. The van der Waals surface area contributed by atoms with Crippen LogP contribution in [0.25, 0.3) is 0 Å². The Bertz CT molecular complexity index is 1120. The summed E-state index contributed by atoms with van der Waals surface area (Å²) in [6, 6.07) is 2.36. The first-order valence-electron chi connectivity index (χ1n) is 9.04. The summed E-state index contributed by atoms with van der Waals surface area (Å²) in [6.45, 7) is 0. The number of aromatic amines is 1. The van der Waals surface area contributed by atoms with Crippen molar-refractivity contribution in [3.05, 3.63) is 39.4 Å². The number of nitrogens with zero attached hydrogens (tertiary/aromatic N) is 3. The number of thioether (sulfide) groups is 2. The summed E-state index contributed by atoms with van der Waals surface area (Å²) >= 11 is 3.57. The number of rotatable bonds is 8. The maximum Gasteiger partial charge on any atom is 0.352 e. The minimum absolute atomic E-state index is 0.0547. The molecule has 32 heavy (non-hydrogen) atoms. The van der Waals surface area contributed by atoms with Gasteiger partial charge in [0.25, 0.3) is 17.7 Å². The summed E-state index contributed by atoms with van der Waals surface area (Å²) < 4.78 is 0. The quantitative estimate of drug-likeness (QED) is 0.236. The number of carboxylic acids is 1. The molecule has 12 nitrogen and oxygen atoms in total. The number of aliphatic carboxylic acids is 1. The van der Waals surface area contributed by atoms with E-state index in [0.29, 0.717) is 10.5 Å². The van der Waals surface area contributed by atoms with Gasteiger partial charge in [0.05, 0.1) is 0 Å². The Kier molecular flexibility index (Phi) is 6.23. The first kappa shape index (κ1) is 22.3. The molecule has 0 aromatic carbocycles. The molecule has 0 radical (unpaired) electrons. The third-order valence-electron chi connectivity index (χ3n) is 4.74. The van der Waals surface area contributed by atoms with Crippen LogP contribution in [0.15, 0.2) is 33.8 Å². The average Bonchev–Trinajstić information content (AvgIpc) is 3.46. The number of primary amides is 1. The van der Waals surface area contributed by atoms with Crippen molar-refractivity contribution in [1.82, 2.24) is 25.6 Å². The Balaban J connectivity index is 1.47. The summed E-state index contributed by atoms with van der Waals surface area (Å²) in [6.07, 6.45) is -1.41. The van der Waals surface area contributed by atoms with Crippen LogP contribution in [-0.2, 0) is 14.4 Å². The second-order valence-electron chi connectivity index (χ2n) is 6.70. The summed E-state index contributed by atoms with van der Waals surface area (Å²) in [5.74, 6) is -2.92. The van der Waals surface area contributed by atoms with Gasteiger partial charge in [-0.2, -0.15) is 5.21 Å². The molecule has 4 heterocycles. The number of thiophene rings is 1. The summed E-state index contributed by atoms with van der Waals surface area (Å²) in [5, 5.41) is 33.5. The highest BCUT2D eigenvalue weighted by Gasteiger charge is 2.54. The van der Waals surface area contributed by atoms with E-state index in [0.717, 1.165) is 16.7 Å². The monoisotopic (exact) mass is 496 g/mol. The number of nitrogens with two attached hydrogens (primary N) is 1. The molecule has 0 saturated carbocycles. The van der Waals surface area contributed by atoms with E-state index in [9.17, 15) is 29.4 Å². The minimum Gasteiger partial charge on any atom is -0.477 e. The molecule has 6 N–H and O–H groups in total. The van der Waals surface area contributed by atoms with Gasteiger partial charge in [0.1, 0.15) is 17.1 Å². The van der Waals surface area contributed by atoms with Gasteiger partial charge < -0.3 is 21.3 Å². The smallest absolute Gasteiger partial charge is 0.352 e. The van der Waals surface area contributed by atoms with Crippen LogP contribution < -0.4 is 11.1 Å². The molecule has 3 amide bonds. The Morgan fingerprint density at radius 1 is 1.41 bits per heavy atom. The third kappa shape index (κ3) is 3.99. The lowest BCUT2D eigenvalue weighted by molar-refractivity contribution is -0.151. The van der Waals surface area contributed by atoms with Crippen molar-refractivity contribution in [1.29, 1.82) is 0 Å². The topological polar surface area (TPSA) is 192 Å². The molecule has 4 rings (SSSR count). The number of hydrogen-bond acceptors (Lipinski definition) is 10. The Morgan fingerprint density at radius 2 is 2.19 bits per heavy atom. The van der Waals surface area contributed by atoms with E-state index in [4.69, 9.17) is 5.73 Å². The zero-order chi connectivity index (χ0) is 23.0. The van der Waals surface area contributed by atoms with E-state index < -0.39 is 41.2 Å². The van der Waals surface area contributed by atoms with E-state index in [2.05, 4.69) is 20.7 Å². The van der Waals surface area contributed by atoms with Crippen molar-refractivity contribution in [2.75, 3.05) is 11.5 Å². The zero-order valence-corrected chi connectivity index (χ0v) is 18.5. The fraction of sp³-hybridized carbons (Fsp3) is 0.294. The highest BCUT2D eigenvalue weighted by atomic mass is 32.2. The average molecular weight is 497 g/mol. The van der Waals surface area contributed by atoms with Gasteiger partial charge in [0, 0.05) is 16.4 Å². The Hall–Kier alpha value is -2.88. The van der Waals surface area contributed by atoms with Gasteiger partial charge in [-0.05, 0) is 17.0 Å². The molecule has 2 aliphatic rings. The van der Waals surface area contributed by atoms with Crippen LogP contribution in [0.1, 0.15) is 21.5 Å². The van der Waals surface area contributed by atoms with Crippen LogP contribution >= 0.6 is 34.9 Å². The highest BCUT2D eigenvalue weighted by molar-refractivity contribution is 8.01. The van der Waals surface area contributed by atoms with Crippen molar-refractivity contribution >= 4 is 58.6 Å². The maximum absolute atomic E-state index is 12.7. The van der Waals surface area contributed by atoms with Crippen molar-refractivity contribution < 1.29 is 29.4 Å². The lowest BCUT2D eigenvalue weighted by atomic mass is 10.0. The summed E-state index contributed by atoms with van der Waals surface area (Å²) in [5.41, 5.74) is 5.46. The van der Waals surface area contributed by atoms with Crippen LogP contribution in [0.5, 0.6) is 0 Å². The van der Waals surface area contributed by atoms with Gasteiger partial charge in [-0.1, -0.05) is 17.8 Å². The molecule has 168 valence electrons. The standard InChI is InChI=1S/C17H16N6O6S3/c18-12(25)8-14(21-22-20-8)31-4-6-5-32-16-9(15(27)23(16)10(6)17(28)29)19-13(26)11(24)7-2-1-3-30-7/h1-3,9,11,16,24H,4-5H2,(H2,18,25)(H,19,26)(H,28,29)(H,20,21,22)/t9?,11?,16-/m1/s1. The van der Waals surface area contributed by atoms with Crippen LogP contribution in [-0.4, -0.2) is 77.1 Å². The molecule has 0 bridgehead atoms. The molecule has 2 aliphatic heterocycles. The molecular weight excluding hydrogens is 480 g/mol. The van der Waals surface area contributed by atoms with Gasteiger partial charge in [0.15, 0.2) is 16.8 Å². The van der Waals surface area contributed by atoms with E-state index in [1.807, 2.05) is 0 Å². The van der Waals surface area contributed by atoms with Crippen LogP contribution in [0.4, 0.5) is 0 Å². The van der Waals surface area contributed by atoms with Crippen molar-refractivity contribution in [3.63, 3.8) is 0 Å². The number of fused-ring (bicyclic) bond motifs is 1. The first-order chi connectivity index (χ1) is 15.3. The van der Waals surface area contributed by atoms with Crippen molar-refractivity contribution in [2.45, 2.75) is 22.5 Å². The number of aromatic nitrogens is 3. The predicted octanol–water partition coefficient (Wildman–Crippen LogP) is -0.471. The van der Waals surface area contributed by atoms with Gasteiger partial charge in [-0.15, -0.1) is 33.3 Å². The molecule has 15 heteroatoms. The first-order valence-corrected chi connectivity index (χ1v) is 12.0. The van der Waals surface area contributed by atoms with E-state index in [1.165, 1.54) is 23.1 Å². The zero-order valence-electron chi connectivity index (χ0n) is 16.0. The highest BCUT2D eigenvalue weighted by Crippen LogP contribution is 2.41. The largest absolute Gasteiger partial charge is 0.477 e. The number of aliphatic hydroxyl groups is 1. The molecule has 1 saturated heterocycles. The van der Waals surface area contributed by atoms with Gasteiger partial charge in [-0.25, -0.2) is 4.79 Å². The molecule has 0 aliphatic carbocycles. The summed E-state index contributed by atoms with van der Waals surface area (Å²) in [4.78, 5) is 49.9. The molecule has 0 spiro atoms. The second kappa shape index (κ2) is 8.93. The van der Waals surface area contributed by atoms with Gasteiger partial charge in [-0.3, -0.25) is 19.3 Å². The third-order valence-corrected chi connectivity index (χ3v) is 8.06. The number of amides is 3. The van der Waals surface area contributed by atoms with E-state index >= 15 is 0 Å². The lowest BCUT2D eigenvalue weighted by Gasteiger charge is -2.49. The number of H-pyrrole nitrogens is 1. The van der Waals surface area contributed by atoms with Crippen LogP contribution in [0, 0.1) is 0 Å². The fourth-order valence-corrected chi connectivity index (χ4v) is 6.36. The molecule has 2 unspecified atom stereocenters. The number of carbonyl (C=O) groups is 4. The van der Waals surface area contributed by atoms with Gasteiger partial charge in [0.2, 0.25) is 0 Å². The Morgan fingerprint density at radius 3 is 2.84 bits per heavy atom. The number of nitrogens with one attached hydrogen (secondary N) is 2. The lowest BCUT2D eigenvalue weighted by Crippen LogP contribution is -2.70.